The number of anilines is 1. The molecule has 2 aromatic rings. The molecular formula is C13H12ClN3S. The second kappa shape index (κ2) is 5.80. The van der Waals surface area contributed by atoms with E-state index in [1.807, 2.05) is 24.3 Å². The van der Waals surface area contributed by atoms with E-state index in [1.54, 1.807) is 18.3 Å². The smallest absolute Gasteiger partial charge is 0.106 e. The molecule has 0 radical (unpaired) electrons. The molecule has 0 aliphatic carbocycles. The van der Waals surface area contributed by atoms with Crippen molar-refractivity contribution in [3.8, 4) is 0 Å². The van der Waals surface area contributed by atoms with Crippen LogP contribution in [0.5, 0.6) is 0 Å². The van der Waals surface area contributed by atoms with E-state index in [0.29, 0.717) is 16.6 Å². The Morgan fingerprint density at radius 2 is 2.17 bits per heavy atom. The molecule has 0 saturated heterocycles. The fraction of sp³-hybridized carbons (Fsp3) is 0.0769. The number of benzene rings is 1. The van der Waals surface area contributed by atoms with Crippen molar-refractivity contribution in [2.75, 3.05) is 5.32 Å². The lowest BCUT2D eigenvalue weighted by Crippen LogP contribution is -2.13. The Morgan fingerprint density at radius 1 is 1.33 bits per heavy atom. The summed E-state index contributed by atoms with van der Waals surface area (Å²) in [5, 5.41) is 3.86. The standard InChI is InChI=1S/C13H12ClN3S/c14-9-4-5-12(11(7-9)13(15)18)17-8-10-3-1-2-6-16-10/h1-7,17H,8H2,(H2,15,18). The SMILES string of the molecule is NC(=S)c1cc(Cl)ccc1NCc1ccccn1. The molecule has 0 bridgehead atoms. The maximum Gasteiger partial charge on any atom is 0.106 e. The lowest BCUT2D eigenvalue weighted by atomic mass is 10.1. The second-order valence-electron chi connectivity index (χ2n) is 3.73. The van der Waals surface area contributed by atoms with Crippen molar-refractivity contribution in [1.82, 2.24) is 4.98 Å². The van der Waals surface area contributed by atoms with Crippen LogP contribution < -0.4 is 11.1 Å². The van der Waals surface area contributed by atoms with Crippen LogP contribution in [0.3, 0.4) is 0 Å². The number of hydrogen-bond donors (Lipinski definition) is 2. The molecule has 92 valence electrons. The molecule has 0 atom stereocenters. The Morgan fingerprint density at radius 3 is 2.83 bits per heavy atom. The monoisotopic (exact) mass is 277 g/mol. The van der Waals surface area contributed by atoms with Crippen molar-refractivity contribution in [2.45, 2.75) is 6.54 Å². The number of nitrogens with two attached hydrogens (primary N) is 1. The van der Waals surface area contributed by atoms with Gasteiger partial charge in [-0.1, -0.05) is 29.9 Å². The molecule has 3 N–H and O–H groups in total. The molecule has 0 fully saturated rings. The fourth-order valence-corrected chi connectivity index (χ4v) is 1.90. The zero-order valence-corrected chi connectivity index (χ0v) is 11.1. The summed E-state index contributed by atoms with van der Waals surface area (Å²) in [6, 6.07) is 11.2. The maximum atomic E-state index is 5.92. The minimum Gasteiger partial charge on any atom is -0.389 e. The van der Waals surface area contributed by atoms with Crippen LogP contribution in [0.1, 0.15) is 11.3 Å². The van der Waals surface area contributed by atoms with Crippen molar-refractivity contribution < 1.29 is 0 Å². The van der Waals surface area contributed by atoms with Gasteiger partial charge in [-0.2, -0.15) is 0 Å². The van der Waals surface area contributed by atoms with Crippen LogP contribution in [0.2, 0.25) is 5.02 Å². The molecule has 0 unspecified atom stereocenters. The van der Waals surface area contributed by atoms with Crippen LogP contribution >= 0.6 is 23.8 Å². The Bertz CT molecular complexity index is 557. The molecule has 0 saturated carbocycles. The summed E-state index contributed by atoms with van der Waals surface area (Å²) in [5.74, 6) is 0. The molecule has 1 heterocycles. The molecule has 5 heteroatoms. The van der Waals surface area contributed by atoms with Crippen molar-refractivity contribution in [2.24, 2.45) is 5.73 Å². The van der Waals surface area contributed by atoms with Gasteiger partial charge < -0.3 is 11.1 Å². The highest BCUT2D eigenvalue weighted by Gasteiger charge is 2.06. The van der Waals surface area contributed by atoms with Crippen LogP contribution in [0.25, 0.3) is 0 Å². The first-order valence-corrected chi connectivity index (χ1v) is 6.18. The third kappa shape index (κ3) is 3.18. The first-order chi connectivity index (χ1) is 8.66. The number of nitrogens with zero attached hydrogens (tertiary/aromatic N) is 1. The molecule has 0 spiro atoms. The molecule has 18 heavy (non-hydrogen) atoms. The second-order valence-corrected chi connectivity index (χ2v) is 4.61. The van der Waals surface area contributed by atoms with Gasteiger partial charge in [-0.05, 0) is 30.3 Å². The molecule has 2 rings (SSSR count). The van der Waals surface area contributed by atoms with Gasteiger partial charge in [-0.25, -0.2) is 0 Å². The minimum absolute atomic E-state index is 0.320. The Hall–Kier alpha value is -1.65. The molecule has 1 aromatic carbocycles. The number of thiocarbonyl (C=S) groups is 1. The predicted molar refractivity (Wildman–Crippen MR) is 78.9 cm³/mol. The van der Waals surface area contributed by atoms with E-state index in [-0.39, 0.29) is 0 Å². The fourth-order valence-electron chi connectivity index (χ4n) is 1.56. The van der Waals surface area contributed by atoms with E-state index in [4.69, 9.17) is 29.6 Å². The van der Waals surface area contributed by atoms with Gasteiger partial charge >= 0.3 is 0 Å². The lowest BCUT2D eigenvalue weighted by Gasteiger charge is -2.11. The first kappa shape index (κ1) is 12.8. The van der Waals surface area contributed by atoms with E-state index >= 15 is 0 Å². The summed E-state index contributed by atoms with van der Waals surface area (Å²) in [4.78, 5) is 4.55. The van der Waals surface area contributed by atoms with Gasteiger partial charge in [0.1, 0.15) is 4.99 Å². The zero-order valence-electron chi connectivity index (χ0n) is 9.56. The highest BCUT2D eigenvalue weighted by Crippen LogP contribution is 2.21. The van der Waals surface area contributed by atoms with Gasteiger partial charge in [0.2, 0.25) is 0 Å². The highest BCUT2D eigenvalue weighted by atomic mass is 35.5. The van der Waals surface area contributed by atoms with E-state index < -0.39 is 0 Å². The highest BCUT2D eigenvalue weighted by molar-refractivity contribution is 7.80. The summed E-state index contributed by atoms with van der Waals surface area (Å²) in [6.45, 7) is 0.609. The van der Waals surface area contributed by atoms with E-state index in [1.165, 1.54) is 0 Å². The van der Waals surface area contributed by atoms with Gasteiger partial charge in [0.05, 0.1) is 12.2 Å². The number of pyridine rings is 1. The Kier molecular flexibility index (Phi) is 4.12. The largest absolute Gasteiger partial charge is 0.389 e. The van der Waals surface area contributed by atoms with Crippen LogP contribution in [-0.2, 0) is 6.54 Å². The van der Waals surface area contributed by atoms with Crippen LogP contribution in [-0.4, -0.2) is 9.97 Å². The molecule has 0 amide bonds. The van der Waals surface area contributed by atoms with E-state index in [0.717, 1.165) is 16.9 Å². The molecule has 0 aliphatic rings. The number of hydrogen-bond acceptors (Lipinski definition) is 3. The first-order valence-electron chi connectivity index (χ1n) is 5.40. The molecule has 3 nitrogen and oxygen atoms in total. The van der Waals surface area contributed by atoms with Gasteiger partial charge in [0.15, 0.2) is 0 Å². The lowest BCUT2D eigenvalue weighted by molar-refractivity contribution is 1.05. The average Bonchev–Trinajstić information content (AvgIpc) is 2.38. The normalized spacial score (nSPS) is 10.1. The van der Waals surface area contributed by atoms with Gasteiger partial charge in [-0.3, -0.25) is 4.98 Å². The average molecular weight is 278 g/mol. The van der Waals surface area contributed by atoms with Gasteiger partial charge in [-0.15, -0.1) is 0 Å². The van der Waals surface area contributed by atoms with Crippen LogP contribution in [0.4, 0.5) is 5.69 Å². The third-order valence-electron chi connectivity index (χ3n) is 2.43. The summed E-state index contributed by atoms with van der Waals surface area (Å²) >= 11 is 10.9. The van der Waals surface area contributed by atoms with Crippen LogP contribution in [0, 0.1) is 0 Å². The van der Waals surface area contributed by atoms with Crippen molar-refractivity contribution in [1.29, 1.82) is 0 Å². The zero-order chi connectivity index (χ0) is 13.0. The van der Waals surface area contributed by atoms with Gasteiger partial charge in [0.25, 0.3) is 0 Å². The minimum atomic E-state index is 0.320. The molecule has 0 aliphatic heterocycles. The number of halogens is 1. The number of nitrogens with one attached hydrogen (secondary N) is 1. The predicted octanol–water partition coefficient (Wildman–Crippen LogP) is 2.98. The van der Waals surface area contributed by atoms with E-state index in [2.05, 4.69) is 10.3 Å². The molecule has 1 aromatic heterocycles. The van der Waals surface area contributed by atoms with Crippen molar-refractivity contribution >= 4 is 34.5 Å². The summed E-state index contributed by atoms with van der Waals surface area (Å²) in [6.07, 6.45) is 1.76. The summed E-state index contributed by atoms with van der Waals surface area (Å²) in [7, 11) is 0. The number of rotatable bonds is 4. The summed E-state index contributed by atoms with van der Waals surface area (Å²) in [5.41, 5.74) is 8.22. The number of aromatic nitrogens is 1. The van der Waals surface area contributed by atoms with E-state index in [9.17, 15) is 0 Å². The third-order valence-corrected chi connectivity index (χ3v) is 2.89. The van der Waals surface area contributed by atoms with Gasteiger partial charge in [0, 0.05) is 22.5 Å². The maximum absolute atomic E-state index is 5.92. The Labute approximate surface area is 116 Å². The van der Waals surface area contributed by atoms with Crippen molar-refractivity contribution in [3.63, 3.8) is 0 Å². The Balaban J connectivity index is 2.17. The quantitative estimate of drug-likeness (QED) is 0.844. The summed E-state index contributed by atoms with van der Waals surface area (Å²) < 4.78 is 0. The topological polar surface area (TPSA) is 50.9 Å². The molecular weight excluding hydrogens is 266 g/mol. The van der Waals surface area contributed by atoms with Crippen LogP contribution in [0.15, 0.2) is 42.6 Å². The van der Waals surface area contributed by atoms with Crippen molar-refractivity contribution in [3.05, 3.63) is 58.9 Å².